The van der Waals surface area contributed by atoms with E-state index >= 15 is 0 Å². The molecule has 134 valence electrons. The predicted molar refractivity (Wildman–Crippen MR) is 104 cm³/mol. The van der Waals surface area contributed by atoms with Gasteiger partial charge in [0.05, 0.1) is 12.7 Å². The maximum absolute atomic E-state index is 9.65. The van der Waals surface area contributed by atoms with E-state index in [-0.39, 0.29) is 11.1 Å². The minimum Gasteiger partial charge on any atom is -0.402 e. The Morgan fingerprint density at radius 3 is 1.84 bits per heavy atom. The number of rotatable bonds is 4. The van der Waals surface area contributed by atoms with Crippen LogP contribution in [0, 0.1) is 0 Å². The summed E-state index contributed by atoms with van der Waals surface area (Å²) in [6.07, 6.45) is 0.808. The van der Waals surface area contributed by atoms with Crippen molar-refractivity contribution in [3.63, 3.8) is 0 Å². The van der Waals surface area contributed by atoms with Gasteiger partial charge in [-0.25, -0.2) is 0 Å². The van der Waals surface area contributed by atoms with E-state index in [4.69, 9.17) is 9.16 Å². The van der Waals surface area contributed by atoms with Crippen molar-refractivity contribution in [2.75, 3.05) is 6.61 Å². The van der Waals surface area contributed by atoms with Gasteiger partial charge in [0.2, 0.25) is 0 Å². The van der Waals surface area contributed by atoms with Gasteiger partial charge in [0.25, 0.3) is 8.32 Å². The predicted octanol–water partition coefficient (Wildman–Crippen LogP) is 3.06. The zero-order chi connectivity index (χ0) is 17.9. The van der Waals surface area contributed by atoms with E-state index < -0.39 is 14.6 Å². The van der Waals surface area contributed by atoms with Gasteiger partial charge in [-0.15, -0.1) is 0 Å². The number of aliphatic hydroxyl groups is 1. The second-order valence-corrected chi connectivity index (χ2v) is 12.0. The molecule has 0 bridgehead atoms. The van der Waals surface area contributed by atoms with E-state index in [1.165, 1.54) is 10.4 Å². The highest BCUT2D eigenvalue weighted by atomic mass is 28.4. The van der Waals surface area contributed by atoms with E-state index in [1.54, 1.807) is 0 Å². The summed E-state index contributed by atoms with van der Waals surface area (Å²) in [7, 11) is -2.52. The Morgan fingerprint density at radius 2 is 1.44 bits per heavy atom. The third kappa shape index (κ3) is 3.72. The molecule has 0 saturated carbocycles. The highest BCUT2D eigenvalue weighted by Crippen LogP contribution is 2.38. The van der Waals surface area contributed by atoms with Crippen molar-refractivity contribution in [1.82, 2.24) is 0 Å². The van der Waals surface area contributed by atoms with Crippen LogP contribution < -0.4 is 10.4 Å². The van der Waals surface area contributed by atoms with Crippen LogP contribution in [0.15, 0.2) is 60.7 Å². The summed E-state index contributed by atoms with van der Waals surface area (Å²) in [6, 6.07) is 21.3. The van der Waals surface area contributed by atoms with Gasteiger partial charge < -0.3 is 14.3 Å². The largest absolute Gasteiger partial charge is 0.402 e. The molecule has 2 aromatic rings. The molecule has 1 fully saturated rings. The molecule has 1 aliphatic rings. The standard InChI is InChI=1S/C21H28O3Si/c1-21(2,3)25(18-10-6-4-7-11-18,19-12-8-5-9-13-19)24-17-14-15-20(22)23-16-17/h4-13,17,20,22H,14-16H2,1-3H3. The summed E-state index contributed by atoms with van der Waals surface area (Å²) in [5, 5.41) is 12.2. The Morgan fingerprint density at radius 1 is 0.920 bits per heavy atom. The molecule has 0 amide bonds. The Balaban J connectivity index is 2.09. The van der Waals surface area contributed by atoms with Gasteiger partial charge in [-0.05, 0) is 21.8 Å². The second-order valence-electron chi connectivity index (χ2n) is 7.77. The first-order valence-corrected chi connectivity index (χ1v) is 10.9. The molecule has 0 radical (unpaired) electrons. The average molecular weight is 357 g/mol. The molecule has 3 rings (SSSR count). The fourth-order valence-corrected chi connectivity index (χ4v) is 8.45. The average Bonchev–Trinajstić information content (AvgIpc) is 2.62. The lowest BCUT2D eigenvalue weighted by Crippen LogP contribution is -2.68. The van der Waals surface area contributed by atoms with Crippen molar-refractivity contribution in [2.45, 2.75) is 51.0 Å². The van der Waals surface area contributed by atoms with Gasteiger partial charge >= 0.3 is 0 Å². The summed E-state index contributed by atoms with van der Waals surface area (Å²) in [6.45, 7) is 7.28. The van der Waals surface area contributed by atoms with Gasteiger partial charge in [-0.2, -0.15) is 0 Å². The van der Waals surface area contributed by atoms with Crippen LogP contribution in [0.2, 0.25) is 5.04 Å². The smallest absolute Gasteiger partial charge is 0.261 e. The first-order valence-electron chi connectivity index (χ1n) is 9.02. The molecule has 1 saturated heterocycles. The first kappa shape index (κ1) is 18.3. The molecule has 1 aliphatic heterocycles. The third-order valence-corrected chi connectivity index (χ3v) is 10.1. The van der Waals surface area contributed by atoms with E-state index in [2.05, 4.69) is 81.4 Å². The van der Waals surface area contributed by atoms with E-state index in [0.29, 0.717) is 13.0 Å². The summed E-state index contributed by atoms with van der Waals surface area (Å²) >= 11 is 0. The monoisotopic (exact) mass is 356 g/mol. The van der Waals surface area contributed by atoms with Crippen molar-refractivity contribution < 1.29 is 14.3 Å². The van der Waals surface area contributed by atoms with Crippen LogP contribution in [0.4, 0.5) is 0 Å². The van der Waals surface area contributed by atoms with Crippen LogP contribution in [-0.4, -0.2) is 32.4 Å². The Kier molecular flexibility index (Phi) is 5.44. The lowest BCUT2D eigenvalue weighted by molar-refractivity contribution is -0.152. The maximum atomic E-state index is 9.65. The molecule has 3 nitrogen and oxygen atoms in total. The Labute approximate surface area is 151 Å². The fourth-order valence-electron chi connectivity index (χ4n) is 3.75. The summed E-state index contributed by atoms with van der Waals surface area (Å²) < 4.78 is 12.4. The molecule has 1 heterocycles. The van der Waals surface area contributed by atoms with Crippen LogP contribution in [0.1, 0.15) is 33.6 Å². The molecule has 25 heavy (non-hydrogen) atoms. The topological polar surface area (TPSA) is 38.7 Å². The summed E-state index contributed by atoms with van der Waals surface area (Å²) in [4.78, 5) is 0. The summed E-state index contributed by atoms with van der Waals surface area (Å²) in [5.74, 6) is 0. The molecule has 2 aromatic carbocycles. The van der Waals surface area contributed by atoms with Gasteiger partial charge in [0.1, 0.15) is 0 Å². The Bertz CT molecular complexity index is 619. The number of hydrogen-bond acceptors (Lipinski definition) is 3. The van der Waals surface area contributed by atoms with Crippen molar-refractivity contribution in [2.24, 2.45) is 0 Å². The molecule has 0 aromatic heterocycles. The molecule has 2 atom stereocenters. The van der Waals surface area contributed by atoms with Gasteiger partial charge in [-0.1, -0.05) is 81.4 Å². The van der Waals surface area contributed by atoms with Crippen LogP contribution >= 0.6 is 0 Å². The first-order chi connectivity index (χ1) is 11.9. The van der Waals surface area contributed by atoms with Gasteiger partial charge in [0, 0.05) is 6.42 Å². The van der Waals surface area contributed by atoms with Crippen LogP contribution in [-0.2, 0) is 9.16 Å². The number of benzene rings is 2. The van der Waals surface area contributed by atoms with Crippen LogP contribution in [0.25, 0.3) is 0 Å². The summed E-state index contributed by atoms with van der Waals surface area (Å²) in [5.41, 5.74) is 0. The molecule has 4 heteroatoms. The third-order valence-electron chi connectivity index (χ3n) is 4.97. The highest BCUT2D eigenvalue weighted by molar-refractivity contribution is 6.99. The zero-order valence-electron chi connectivity index (χ0n) is 15.3. The van der Waals surface area contributed by atoms with E-state index in [9.17, 15) is 5.11 Å². The lowest BCUT2D eigenvalue weighted by Gasteiger charge is -2.46. The fraction of sp³-hybridized carbons (Fsp3) is 0.429. The number of ether oxygens (including phenoxy) is 1. The number of hydrogen-bond donors (Lipinski definition) is 1. The van der Waals surface area contributed by atoms with Crippen LogP contribution in [0.5, 0.6) is 0 Å². The van der Waals surface area contributed by atoms with Crippen molar-refractivity contribution >= 4 is 18.7 Å². The van der Waals surface area contributed by atoms with Gasteiger partial charge in [-0.3, -0.25) is 0 Å². The van der Waals surface area contributed by atoms with Crippen molar-refractivity contribution in [3.8, 4) is 0 Å². The minimum atomic E-state index is -2.52. The second kappa shape index (κ2) is 7.42. The SMILES string of the molecule is CC(C)(C)[Si](OC1CCC(O)OC1)(c1ccccc1)c1ccccc1. The molecule has 1 N–H and O–H groups in total. The minimum absolute atomic E-state index is 0.00899. The highest BCUT2D eigenvalue weighted by Gasteiger charge is 2.51. The van der Waals surface area contributed by atoms with E-state index in [0.717, 1.165) is 6.42 Å². The quantitative estimate of drug-likeness (QED) is 0.856. The maximum Gasteiger partial charge on any atom is 0.261 e. The number of aliphatic hydroxyl groups excluding tert-OH is 1. The van der Waals surface area contributed by atoms with E-state index in [1.807, 2.05) is 0 Å². The van der Waals surface area contributed by atoms with Crippen molar-refractivity contribution in [1.29, 1.82) is 0 Å². The molecule has 2 unspecified atom stereocenters. The van der Waals surface area contributed by atoms with Crippen molar-refractivity contribution in [3.05, 3.63) is 60.7 Å². The molecule has 0 aliphatic carbocycles. The lowest BCUT2D eigenvalue weighted by atomic mass is 10.1. The normalized spacial score (nSPS) is 21.9. The Hall–Kier alpha value is -1.46. The molecular weight excluding hydrogens is 328 g/mol. The molecule has 0 spiro atoms. The van der Waals surface area contributed by atoms with Gasteiger partial charge in [0.15, 0.2) is 6.29 Å². The zero-order valence-corrected chi connectivity index (χ0v) is 16.3. The van der Waals surface area contributed by atoms with Crippen LogP contribution in [0.3, 0.4) is 0 Å². The molecular formula is C21H28O3Si.